The molecule has 4 heteroatoms. The fourth-order valence-electron chi connectivity index (χ4n) is 1.54. The Bertz CT molecular complexity index is 589. The highest BCUT2D eigenvalue weighted by atomic mass is 32.2. The summed E-state index contributed by atoms with van der Waals surface area (Å²) in [7, 11) is 2.07. The van der Waals surface area contributed by atoms with Crippen molar-refractivity contribution in [1.29, 1.82) is 0 Å². The maximum atomic E-state index is 12.2. The van der Waals surface area contributed by atoms with E-state index in [0.29, 0.717) is 16.1 Å². The van der Waals surface area contributed by atoms with Crippen LogP contribution in [0.25, 0.3) is 0 Å². The fourth-order valence-corrected chi connectivity index (χ4v) is 2.82. The van der Waals surface area contributed by atoms with Crippen LogP contribution in [0.5, 0.6) is 0 Å². The van der Waals surface area contributed by atoms with Gasteiger partial charge >= 0.3 is 0 Å². The highest BCUT2D eigenvalue weighted by Crippen LogP contribution is 2.20. The van der Waals surface area contributed by atoms with E-state index in [-0.39, 0.29) is 0 Å². The van der Waals surface area contributed by atoms with Crippen molar-refractivity contribution in [3.05, 3.63) is 60.2 Å². The first-order chi connectivity index (χ1) is 8.14. The molecule has 0 aliphatic rings. The summed E-state index contributed by atoms with van der Waals surface area (Å²) in [5, 5.41) is 0. The van der Waals surface area contributed by atoms with E-state index in [1.54, 1.807) is 54.6 Å². The van der Waals surface area contributed by atoms with Gasteiger partial charge in [-0.25, -0.2) is 8.42 Å². The van der Waals surface area contributed by atoms with Crippen LogP contribution in [-0.4, -0.2) is 16.3 Å². The van der Waals surface area contributed by atoms with Crippen molar-refractivity contribution in [1.82, 2.24) is 0 Å². The van der Waals surface area contributed by atoms with Crippen LogP contribution < -0.4 is 0 Å². The second kappa shape index (κ2) is 4.76. The number of hydrogen-bond acceptors (Lipinski definition) is 2. The van der Waals surface area contributed by atoms with Gasteiger partial charge in [0.25, 0.3) is 0 Å². The minimum atomic E-state index is -3.40. The zero-order chi connectivity index (χ0) is 12.3. The number of sulfone groups is 1. The Balaban J connectivity index is 2.45. The van der Waals surface area contributed by atoms with Crippen molar-refractivity contribution in [3.63, 3.8) is 0 Å². The number of hydrogen-bond donors (Lipinski definition) is 0. The molecule has 0 amide bonds. The van der Waals surface area contributed by atoms with Crippen LogP contribution in [0, 0.1) is 0 Å². The van der Waals surface area contributed by atoms with Crippen LogP contribution in [0.4, 0.5) is 0 Å². The molecule has 17 heavy (non-hydrogen) atoms. The standard InChI is InChI=1S/C13H11BO2S/c14-10-11-6-8-13(9-7-11)17(15,16)12-4-2-1-3-5-12/h1-9H,10H2. The molecule has 2 radical (unpaired) electrons. The summed E-state index contributed by atoms with van der Waals surface area (Å²) in [5.41, 5.74) is 0.914. The summed E-state index contributed by atoms with van der Waals surface area (Å²) in [6.45, 7) is 0. The predicted octanol–water partition coefficient (Wildman–Crippen LogP) is 2.19. The number of rotatable bonds is 3. The lowest BCUT2D eigenvalue weighted by Gasteiger charge is -2.05. The Kier molecular flexibility index (Phi) is 3.34. The Morgan fingerprint density at radius 1 is 0.824 bits per heavy atom. The van der Waals surface area contributed by atoms with E-state index in [1.165, 1.54) is 0 Å². The Hall–Kier alpha value is -1.55. The molecule has 2 aromatic rings. The van der Waals surface area contributed by atoms with Gasteiger partial charge in [-0.05, 0) is 24.3 Å². The maximum absolute atomic E-state index is 12.2. The van der Waals surface area contributed by atoms with Crippen LogP contribution in [-0.2, 0) is 16.2 Å². The van der Waals surface area contributed by atoms with E-state index in [2.05, 4.69) is 0 Å². The second-order valence-electron chi connectivity index (χ2n) is 3.66. The average molecular weight is 242 g/mol. The zero-order valence-corrected chi connectivity index (χ0v) is 10.0. The number of benzene rings is 2. The molecule has 0 spiro atoms. The summed E-state index contributed by atoms with van der Waals surface area (Å²) in [5.74, 6) is 0. The monoisotopic (exact) mass is 242 g/mol. The molecule has 84 valence electrons. The van der Waals surface area contributed by atoms with Gasteiger partial charge < -0.3 is 0 Å². The lowest BCUT2D eigenvalue weighted by atomic mass is 9.97. The van der Waals surface area contributed by atoms with Gasteiger partial charge in [0, 0.05) is 0 Å². The smallest absolute Gasteiger partial charge is 0.206 e. The highest BCUT2D eigenvalue weighted by molar-refractivity contribution is 7.91. The third-order valence-electron chi connectivity index (χ3n) is 2.52. The molecule has 2 rings (SSSR count). The third kappa shape index (κ3) is 2.42. The Morgan fingerprint density at radius 2 is 1.35 bits per heavy atom. The van der Waals surface area contributed by atoms with Crippen LogP contribution in [0.1, 0.15) is 5.56 Å². The molecule has 0 saturated heterocycles. The second-order valence-corrected chi connectivity index (χ2v) is 5.61. The van der Waals surface area contributed by atoms with Crippen LogP contribution >= 0.6 is 0 Å². The van der Waals surface area contributed by atoms with E-state index in [9.17, 15) is 8.42 Å². The lowest BCUT2D eigenvalue weighted by molar-refractivity contribution is 0.596. The molecule has 0 aliphatic heterocycles. The van der Waals surface area contributed by atoms with Gasteiger partial charge in [0.1, 0.15) is 0 Å². The molecule has 0 heterocycles. The molecule has 2 aromatic carbocycles. The van der Waals surface area contributed by atoms with Gasteiger partial charge in [-0.15, -0.1) is 0 Å². The topological polar surface area (TPSA) is 34.1 Å². The largest absolute Gasteiger partial charge is 0.219 e. The Morgan fingerprint density at radius 3 is 1.88 bits per heavy atom. The SMILES string of the molecule is [B]Cc1ccc(S(=O)(=O)c2ccccc2)cc1. The van der Waals surface area contributed by atoms with Crippen LogP contribution in [0.15, 0.2) is 64.4 Å². The maximum Gasteiger partial charge on any atom is 0.206 e. The molecule has 0 atom stereocenters. The molecule has 0 N–H and O–H groups in total. The first-order valence-corrected chi connectivity index (χ1v) is 6.72. The first-order valence-electron chi connectivity index (χ1n) is 5.24. The van der Waals surface area contributed by atoms with Crippen molar-refractivity contribution in [2.45, 2.75) is 16.1 Å². The van der Waals surface area contributed by atoms with Crippen molar-refractivity contribution in [3.8, 4) is 0 Å². The molecule has 0 unspecified atom stereocenters. The molecule has 0 bridgehead atoms. The minimum Gasteiger partial charge on any atom is -0.219 e. The molecular weight excluding hydrogens is 231 g/mol. The van der Waals surface area contributed by atoms with Gasteiger partial charge in [-0.1, -0.05) is 42.2 Å². The van der Waals surface area contributed by atoms with Gasteiger partial charge in [0.05, 0.1) is 17.6 Å². The minimum absolute atomic E-state index is 0.293. The van der Waals surface area contributed by atoms with Gasteiger partial charge in [0.2, 0.25) is 9.84 Å². The summed E-state index contributed by atoms with van der Waals surface area (Å²) in [4.78, 5) is 0.599. The first kappa shape index (κ1) is 11.9. The van der Waals surface area contributed by atoms with E-state index in [4.69, 9.17) is 7.85 Å². The summed E-state index contributed by atoms with van der Waals surface area (Å²) >= 11 is 0. The van der Waals surface area contributed by atoms with E-state index >= 15 is 0 Å². The van der Waals surface area contributed by atoms with Crippen molar-refractivity contribution in [2.24, 2.45) is 0 Å². The van der Waals surface area contributed by atoms with E-state index in [1.807, 2.05) is 0 Å². The molecule has 0 aliphatic carbocycles. The summed E-state index contributed by atoms with van der Waals surface area (Å²) < 4.78 is 24.4. The van der Waals surface area contributed by atoms with Crippen LogP contribution in [0.2, 0.25) is 0 Å². The zero-order valence-electron chi connectivity index (χ0n) is 9.21. The average Bonchev–Trinajstić information content (AvgIpc) is 2.40. The van der Waals surface area contributed by atoms with E-state index < -0.39 is 9.84 Å². The van der Waals surface area contributed by atoms with Crippen molar-refractivity contribution in [2.75, 3.05) is 0 Å². The van der Waals surface area contributed by atoms with Gasteiger partial charge in [0.15, 0.2) is 0 Å². The summed E-state index contributed by atoms with van der Waals surface area (Å²) in [6.07, 6.45) is 0.408. The fraction of sp³-hybridized carbons (Fsp3) is 0.0769. The third-order valence-corrected chi connectivity index (χ3v) is 4.31. The van der Waals surface area contributed by atoms with Crippen molar-refractivity contribution < 1.29 is 8.42 Å². The van der Waals surface area contributed by atoms with Gasteiger partial charge in [-0.2, -0.15) is 0 Å². The lowest BCUT2D eigenvalue weighted by Crippen LogP contribution is -2.01. The molecule has 2 nitrogen and oxygen atoms in total. The van der Waals surface area contributed by atoms with Crippen LogP contribution in [0.3, 0.4) is 0 Å². The molecule has 0 fully saturated rings. The predicted molar refractivity (Wildman–Crippen MR) is 67.8 cm³/mol. The quantitative estimate of drug-likeness (QED) is 0.773. The molecule has 0 aromatic heterocycles. The normalized spacial score (nSPS) is 11.3. The van der Waals surface area contributed by atoms with E-state index in [0.717, 1.165) is 5.56 Å². The summed E-state index contributed by atoms with van der Waals surface area (Å²) in [6, 6.07) is 15.0. The molecule has 0 saturated carbocycles. The molecular formula is C13H11BO2S. The highest BCUT2D eigenvalue weighted by Gasteiger charge is 2.16. The van der Waals surface area contributed by atoms with Gasteiger partial charge in [-0.3, -0.25) is 0 Å². The van der Waals surface area contributed by atoms with Crippen molar-refractivity contribution >= 4 is 17.7 Å². The Labute approximate surface area is 103 Å².